The van der Waals surface area contributed by atoms with Crippen molar-refractivity contribution in [3.8, 4) is 0 Å². The van der Waals surface area contributed by atoms with E-state index >= 15 is 0 Å². The van der Waals surface area contributed by atoms with Crippen molar-refractivity contribution in [2.45, 2.75) is 17.4 Å². The fourth-order valence-electron chi connectivity index (χ4n) is 0.890. The van der Waals surface area contributed by atoms with E-state index in [9.17, 15) is 8.78 Å². The van der Waals surface area contributed by atoms with Crippen molar-refractivity contribution < 1.29 is 8.78 Å². The Morgan fingerprint density at radius 3 is 2.60 bits per heavy atom. The Kier molecular flexibility index (Phi) is 5.39. The molecule has 0 amide bonds. The van der Waals surface area contributed by atoms with Crippen LogP contribution in [0.3, 0.4) is 0 Å². The molecule has 10 heavy (non-hydrogen) atoms. The first-order chi connectivity index (χ1) is 4.29. The first kappa shape index (κ1) is 10.5. The second-order valence-corrected chi connectivity index (χ2v) is 3.31. The topological polar surface area (TPSA) is 12.0 Å². The number of hydrogen-bond donors (Lipinski definition) is 1. The van der Waals surface area contributed by atoms with Gasteiger partial charge in [-0.3, -0.25) is 0 Å². The number of thioether (sulfide) groups is 1. The van der Waals surface area contributed by atoms with Crippen molar-refractivity contribution in [3.05, 3.63) is 0 Å². The van der Waals surface area contributed by atoms with Gasteiger partial charge in [0, 0.05) is 11.8 Å². The maximum atomic E-state index is 11.6. The Bertz CT molecular complexity index is 87.7. The third-order valence-electron chi connectivity index (χ3n) is 1.31. The predicted molar refractivity (Wildman–Crippen MR) is 42.1 cm³/mol. The van der Waals surface area contributed by atoms with Gasteiger partial charge in [0.2, 0.25) is 0 Å². The molecule has 0 saturated carbocycles. The molecule has 1 atom stereocenters. The maximum Gasteiger partial charge on any atom is 0.284 e. The Morgan fingerprint density at radius 1 is 1.50 bits per heavy atom. The van der Waals surface area contributed by atoms with Crippen LogP contribution in [0.2, 0.25) is 0 Å². The summed E-state index contributed by atoms with van der Waals surface area (Å²) in [6.07, 6.45) is 0.884. The molecular weight excluding hydrogens is 180 g/mol. The first-order valence-electron chi connectivity index (χ1n) is 2.93. The monoisotopic (exact) mass is 189 g/mol. The molecule has 1 nitrogen and oxygen atoms in total. The fraction of sp³-hybridized carbons (Fsp3) is 1.00. The van der Waals surface area contributed by atoms with Crippen molar-refractivity contribution in [1.82, 2.24) is 5.32 Å². The van der Waals surface area contributed by atoms with E-state index in [4.69, 9.17) is 0 Å². The molecule has 1 N–H and O–H groups in total. The van der Waals surface area contributed by atoms with E-state index in [1.807, 2.05) is 0 Å². The largest absolute Gasteiger partial charge is 0.316 e. The molecule has 0 radical (unpaired) electrons. The summed E-state index contributed by atoms with van der Waals surface area (Å²) in [5.74, 6) is -2.20. The van der Waals surface area contributed by atoms with Gasteiger partial charge in [0.25, 0.3) is 5.76 Å². The van der Waals surface area contributed by atoms with Crippen molar-refractivity contribution >= 4 is 24.2 Å². The van der Waals surface area contributed by atoms with E-state index in [2.05, 4.69) is 5.32 Å². The molecule has 0 aromatic heterocycles. The molecule has 1 aliphatic heterocycles. The highest BCUT2D eigenvalue weighted by Crippen LogP contribution is 2.23. The van der Waals surface area contributed by atoms with Crippen LogP contribution in [-0.2, 0) is 0 Å². The third kappa shape index (κ3) is 3.58. The van der Waals surface area contributed by atoms with Crippen molar-refractivity contribution in [1.29, 1.82) is 0 Å². The first-order valence-corrected chi connectivity index (χ1v) is 3.87. The van der Waals surface area contributed by atoms with Crippen LogP contribution in [0.25, 0.3) is 0 Å². The number of rotatable bonds is 2. The molecule has 1 rings (SSSR count). The van der Waals surface area contributed by atoms with Crippen LogP contribution in [0.15, 0.2) is 0 Å². The SMILES string of the molecule is Cl.FC(F)SC1CCNC1. The summed E-state index contributed by atoms with van der Waals surface area (Å²) in [6, 6.07) is 0. The minimum atomic E-state index is -2.20. The standard InChI is InChI=1S/C5H9F2NS.ClH/c6-5(7)9-4-1-2-8-3-4;/h4-5,8H,1-3H2;1H. The smallest absolute Gasteiger partial charge is 0.284 e. The van der Waals surface area contributed by atoms with Crippen LogP contribution < -0.4 is 5.32 Å². The van der Waals surface area contributed by atoms with Gasteiger partial charge in [0.15, 0.2) is 0 Å². The van der Waals surface area contributed by atoms with E-state index in [0.29, 0.717) is 0 Å². The predicted octanol–water partition coefficient (Wildman–Crippen LogP) is 1.73. The van der Waals surface area contributed by atoms with E-state index in [0.717, 1.165) is 31.3 Å². The number of hydrogen-bond acceptors (Lipinski definition) is 2. The van der Waals surface area contributed by atoms with Crippen molar-refractivity contribution in [2.24, 2.45) is 0 Å². The van der Waals surface area contributed by atoms with E-state index in [-0.39, 0.29) is 17.7 Å². The van der Waals surface area contributed by atoms with E-state index < -0.39 is 5.76 Å². The molecule has 5 heteroatoms. The lowest BCUT2D eigenvalue weighted by Gasteiger charge is -2.04. The average molecular weight is 190 g/mol. The second kappa shape index (κ2) is 5.16. The van der Waals surface area contributed by atoms with Crippen LogP contribution >= 0.6 is 24.2 Å². The summed E-state index contributed by atoms with van der Waals surface area (Å²) in [5.41, 5.74) is 0. The summed E-state index contributed by atoms with van der Waals surface area (Å²) in [6.45, 7) is 1.64. The van der Waals surface area contributed by atoms with Gasteiger partial charge in [0.05, 0.1) is 0 Å². The number of halogens is 3. The highest BCUT2D eigenvalue weighted by Gasteiger charge is 2.18. The van der Waals surface area contributed by atoms with E-state index in [1.54, 1.807) is 0 Å². The Hall–Kier alpha value is 0.460. The van der Waals surface area contributed by atoms with Crippen LogP contribution in [0.5, 0.6) is 0 Å². The zero-order valence-corrected chi connectivity index (χ0v) is 6.98. The number of alkyl halides is 2. The maximum absolute atomic E-state index is 11.6. The van der Waals surface area contributed by atoms with Gasteiger partial charge in [-0.15, -0.1) is 12.4 Å². The van der Waals surface area contributed by atoms with Crippen molar-refractivity contribution in [2.75, 3.05) is 13.1 Å². The lowest BCUT2D eigenvalue weighted by atomic mass is 10.4. The van der Waals surface area contributed by atoms with Crippen LogP contribution in [0, 0.1) is 0 Å². The zero-order valence-electron chi connectivity index (χ0n) is 5.35. The van der Waals surface area contributed by atoms with Crippen LogP contribution in [-0.4, -0.2) is 24.1 Å². The Balaban J connectivity index is 0.000000810. The summed E-state index contributed by atoms with van der Waals surface area (Å²) in [4.78, 5) is 0. The molecule has 1 fully saturated rings. The van der Waals surface area contributed by atoms with Crippen LogP contribution in [0.4, 0.5) is 8.78 Å². The zero-order chi connectivity index (χ0) is 6.69. The van der Waals surface area contributed by atoms with Gasteiger partial charge in [0.1, 0.15) is 0 Å². The molecule has 0 aromatic rings. The Labute approximate surface area is 69.4 Å². The average Bonchev–Trinajstić information content (AvgIpc) is 2.15. The van der Waals surface area contributed by atoms with Crippen molar-refractivity contribution in [3.63, 3.8) is 0 Å². The van der Waals surface area contributed by atoms with Gasteiger partial charge in [-0.05, 0) is 13.0 Å². The molecule has 0 bridgehead atoms. The van der Waals surface area contributed by atoms with Gasteiger partial charge < -0.3 is 5.32 Å². The molecule has 1 aliphatic rings. The number of nitrogens with one attached hydrogen (secondary N) is 1. The fourth-order valence-corrected chi connectivity index (χ4v) is 1.65. The second-order valence-electron chi connectivity index (χ2n) is 2.01. The highest BCUT2D eigenvalue weighted by molar-refractivity contribution is 8.00. The molecule has 0 spiro atoms. The molecule has 62 valence electrons. The van der Waals surface area contributed by atoms with E-state index in [1.165, 1.54) is 0 Å². The molecular formula is C5H10ClF2NS. The Morgan fingerprint density at radius 2 is 2.20 bits per heavy atom. The van der Waals surface area contributed by atoms with Gasteiger partial charge in [-0.2, -0.15) is 8.78 Å². The van der Waals surface area contributed by atoms with Gasteiger partial charge in [-0.25, -0.2) is 0 Å². The normalized spacial score (nSPS) is 24.9. The minimum absolute atomic E-state index is 0. The summed E-state index contributed by atoms with van der Waals surface area (Å²) >= 11 is 0.766. The summed E-state index contributed by atoms with van der Waals surface area (Å²) in [5, 5.41) is 3.17. The molecule has 1 unspecified atom stereocenters. The minimum Gasteiger partial charge on any atom is -0.316 e. The van der Waals surface area contributed by atoms with Gasteiger partial charge in [-0.1, -0.05) is 11.8 Å². The molecule has 0 aromatic carbocycles. The summed E-state index contributed by atoms with van der Waals surface area (Å²) in [7, 11) is 0. The lowest BCUT2D eigenvalue weighted by molar-refractivity contribution is 0.251. The lowest BCUT2D eigenvalue weighted by Crippen LogP contribution is -2.11. The third-order valence-corrected chi connectivity index (χ3v) is 2.30. The molecule has 1 heterocycles. The molecule has 1 saturated heterocycles. The molecule has 0 aliphatic carbocycles. The quantitative estimate of drug-likeness (QED) is 0.710. The van der Waals surface area contributed by atoms with Gasteiger partial charge >= 0.3 is 0 Å². The highest BCUT2D eigenvalue weighted by atomic mass is 35.5. The van der Waals surface area contributed by atoms with Crippen LogP contribution in [0.1, 0.15) is 6.42 Å². The summed E-state index contributed by atoms with van der Waals surface area (Å²) < 4.78 is 23.2.